The Hall–Kier alpha value is -1.11. The lowest BCUT2D eigenvalue weighted by atomic mass is 9.83. The predicted molar refractivity (Wildman–Crippen MR) is 76.5 cm³/mol. The number of sulfonamides is 1. The summed E-state index contributed by atoms with van der Waals surface area (Å²) in [6.07, 6.45) is 2.28. The second kappa shape index (κ2) is 5.48. The zero-order valence-electron chi connectivity index (χ0n) is 11.1. The van der Waals surface area contributed by atoms with Crippen LogP contribution in [-0.4, -0.2) is 28.1 Å². The van der Waals surface area contributed by atoms with Gasteiger partial charge in [-0.15, -0.1) is 0 Å². The second-order valence-corrected chi connectivity index (χ2v) is 7.02. The van der Waals surface area contributed by atoms with E-state index < -0.39 is 10.0 Å². The van der Waals surface area contributed by atoms with Crippen molar-refractivity contribution in [1.82, 2.24) is 5.32 Å². The van der Waals surface area contributed by atoms with E-state index in [4.69, 9.17) is 5.14 Å². The Kier molecular flexibility index (Phi) is 4.13. The SMILES string of the molecule is CC1(CNc2ccccc2S(N)(=O)=O)CCCNC1. The van der Waals surface area contributed by atoms with Crippen molar-refractivity contribution in [1.29, 1.82) is 0 Å². The number of para-hydroxylation sites is 1. The Morgan fingerprint density at radius 3 is 2.79 bits per heavy atom. The normalized spacial score (nSPS) is 24.1. The minimum atomic E-state index is -3.68. The first kappa shape index (κ1) is 14.3. The molecule has 1 aliphatic rings. The number of rotatable bonds is 4. The molecule has 1 saturated heterocycles. The van der Waals surface area contributed by atoms with Crippen LogP contribution in [0, 0.1) is 5.41 Å². The molecule has 19 heavy (non-hydrogen) atoms. The lowest BCUT2D eigenvalue weighted by Crippen LogP contribution is -2.42. The lowest BCUT2D eigenvalue weighted by molar-refractivity contribution is 0.253. The highest BCUT2D eigenvalue weighted by atomic mass is 32.2. The van der Waals surface area contributed by atoms with Gasteiger partial charge in [0.05, 0.1) is 5.69 Å². The molecule has 1 aromatic rings. The molecule has 6 heteroatoms. The van der Waals surface area contributed by atoms with Crippen molar-refractivity contribution in [2.45, 2.75) is 24.7 Å². The molecule has 1 aromatic carbocycles. The molecule has 0 saturated carbocycles. The van der Waals surface area contributed by atoms with E-state index in [1.165, 1.54) is 6.07 Å². The lowest BCUT2D eigenvalue weighted by Gasteiger charge is -2.34. The summed E-state index contributed by atoms with van der Waals surface area (Å²) in [7, 11) is -3.68. The van der Waals surface area contributed by atoms with Gasteiger partial charge >= 0.3 is 0 Å². The van der Waals surface area contributed by atoms with Crippen LogP contribution in [0.25, 0.3) is 0 Å². The topological polar surface area (TPSA) is 84.2 Å². The van der Waals surface area contributed by atoms with Gasteiger partial charge in [0.15, 0.2) is 0 Å². The molecule has 106 valence electrons. The molecule has 1 aliphatic heterocycles. The number of benzene rings is 1. The van der Waals surface area contributed by atoms with Crippen LogP contribution in [0.2, 0.25) is 0 Å². The molecule has 4 N–H and O–H groups in total. The zero-order valence-corrected chi connectivity index (χ0v) is 12.0. The smallest absolute Gasteiger partial charge is 0.240 e. The molecule has 1 unspecified atom stereocenters. The average molecular weight is 283 g/mol. The van der Waals surface area contributed by atoms with E-state index in [9.17, 15) is 8.42 Å². The maximum absolute atomic E-state index is 11.5. The van der Waals surface area contributed by atoms with Crippen molar-refractivity contribution in [2.24, 2.45) is 10.6 Å². The minimum absolute atomic E-state index is 0.143. The average Bonchev–Trinajstić information content (AvgIpc) is 2.37. The van der Waals surface area contributed by atoms with Crippen molar-refractivity contribution in [3.05, 3.63) is 24.3 Å². The minimum Gasteiger partial charge on any atom is -0.383 e. The van der Waals surface area contributed by atoms with E-state index in [2.05, 4.69) is 17.6 Å². The maximum Gasteiger partial charge on any atom is 0.240 e. The number of hydrogen-bond donors (Lipinski definition) is 3. The number of piperidine rings is 1. The van der Waals surface area contributed by atoms with Crippen LogP contribution in [0.15, 0.2) is 29.2 Å². The van der Waals surface area contributed by atoms with Crippen molar-refractivity contribution in [3.63, 3.8) is 0 Å². The van der Waals surface area contributed by atoms with E-state index in [0.29, 0.717) is 5.69 Å². The van der Waals surface area contributed by atoms with Crippen molar-refractivity contribution < 1.29 is 8.42 Å². The second-order valence-electron chi connectivity index (χ2n) is 5.49. The molecular formula is C13H21N3O2S. The van der Waals surface area contributed by atoms with E-state index in [0.717, 1.165) is 32.5 Å². The summed E-state index contributed by atoms with van der Waals surface area (Å²) in [6.45, 7) is 4.93. The molecule has 0 amide bonds. The Morgan fingerprint density at radius 2 is 2.16 bits per heavy atom. The molecule has 0 radical (unpaired) electrons. The molecule has 1 atom stereocenters. The summed E-state index contributed by atoms with van der Waals surface area (Å²) in [5.41, 5.74) is 0.723. The van der Waals surface area contributed by atoms with Crippen molar-refractivity contribution in [3.8, 4) is 0 Å². The Labute approximate surface area is 114 Å². The fraction of sp³-hybridized carbons (Fsp3) is 0.538. The third-order valence-corrected chi connectivity index (χ3v) is 4.55. The summed E-state index contributed by atoms with van der Waals surface area (Å²) in [4.78, 5) is 0.155. The summed E-state index contributed by atoms with van der Waals surface area (Å²) in [5.74, 6) is 0. The Balaban J connectivity index is 2.12. The van der Waals surface area contributed by atoms with Gasteiger partial charge in [0.1, 0.15) is 4.90 Å². The van der Waals surface area contributed by atoms with Crippen molar-refractivity contribution in [2.75, 3.05) is 25.0 Å². The van der Waals surface area contributed by atoms with E-state index >= 15 is 0 Å². The number of primary sulfonamides is 1. The molecule has 1 heterocycles. The molecule has 2 rings (SSSR count). The quantitative estimate of drug-likeness (QED) is 0.773. The summed E-state index contributed by atoms with van der Waals surface area (Å²) >= 11 is 0. The Bertz CT molecular complexity index is 537. The first-order chi connectivity index (χ1) is 8.91. The van der Waals surface area contributed by atoms with Gasteiger partial charge in [-0.25, -0.2) is 13.6 Å². The fourth-order valence-electron chi connectivity index (χ4n) is 2.44. The highest BCUT2D eigenvalue weighted by Gasteiger charge is 2.27. The van der Waals surface area contributed by atoms with E-state index in [1.807, 2.05) is 0 Å². The van der Waals surface area contributed by atoms with Crippen LogP contribution in [0.3, 0.4) is 0 Å². The maximum atomic E-state index is 11.5. The number of nitrogens with one attached hydrogen (secondary N) is 2. The van der Waals surface area contributed by atoms with Crippen molar-refractivity contribution >= 4 is 15.7 Å². The standard InChI is InChI=1S/C13H21N3O2S/c1-13(7-4-8-15-9-13)10-16-11-5-2-3-6-12(11)19(14,17)18/h2-3,5-6,15-16H,4,7-10H2,1H3,(H2,14,17,18). The number of anilines is 1. The van der Waals surface area contributed by atoms with Crippen LogP contribution in [0.4, 0.5) is 5.69 Å². The molecule has 1 fully saturated rings. The molecular weight excluding hydrogens is 262 g/mol. The monoisotopic (exact) mass is 283 g/mol. The largest absolute Gasteiger partial charge is 0.383 e. The molecule has 0 spiro atoms. The van der Waals surface area contributed by atoms with Gasteiger partial charge in [-0.3, -0.25) is 0 Å². The third kappa shape index (κ3) is 3.68. The van der Waals surface area contributed by atoms with Gasteiger partial charge in [-0.05, 0) is 36.9 Å². The van der Waals surface area contributed by atoms with Crippen LogP contribution in [-0.2, 0) is 10.0 Å². The first-order valence-corrected chi connectivity index (χ1v) is 8.02. The summed E-state index contributed by atoms with van der Waals surface area (Å²) in [6, 6.07) is 6.76. The highest BCUT2D eigenvalue weighted by molar-refractivity contribution is 7.89. The molecule has 0 bridgehead atoms. The zero-order chi connectivity index (χ0) is 13.9. The van der Waals surface area contributed by atoms with Gasteiger partial charge in [0.25, 0.3) is 0 Å². The van der Waals surface area contributed by atoms with E-state index in [1.54, 1.807) is 18.2 Å². The van der Waals surface area contributed by atoms with Gasteiger partial charge in [-0.2, -0.15) is 0 Å². The van der Waals surface area contributed by atoms with E-state index in [-0.39, 0.29) is 10.3 Å². The van der Waals surface area contributed by atoms with Crippen LogP contribution >= 0.6 is 0 Å². The third-order valence-electron chi connectivity index (χ3n) is 3.58. The van der Waals surface area contributed by atoms with Gasteiger partial charge < -0.3 is 10.6 Å². The molecule has 0 aromatic heterocycles. The van der Waals surface area contributed by atoms with Gasteiger partial charge in [0.2, 0.25) is 10.0 Å². The molecule has 0 aliphatic carbocycles. The Morgan fingerprint density at radius 1 is 1.42 bits per heavy atom. The first-order valence-electron chi connectivity index (χ1n) is 6.47. The van der Waals surface area contributed by atoms with Gasteiger partial charge in [0, 0.05) is 13.1 Å². The molecule has 5 nitrogen and oxygen atoms in total. The summed E-state index contributed by atoms with van der Waals surface area (Å²) in [5, 5.41) is 11.8. The highest BCUT2D eigenvalue weighted by Crippen LogP contribution is 2.27. The fourth-order valence-corrected chi connectivity index (χ4v) is 3.15. The van der Waals surface area contributed by atoms with Gasteiger partial charge in [-0.1, -0.05) is 19.1 Å². The van der Waals surface area contributed by atoms with Crippen LogP contribution < -0.4 is 15.8 Å². The van der Waals surface area contributed by atoms with Crippen LogP contribution in [0.5, 0.6) is 0 Å². The van der Waals surface area contributed by atoms with Crippen LogP contribution in [0.1, 0.15) is 19.8 Å². The number of hydrogen-bond acceptors (Lipinski definition) is 4. The number of nitrogens with two attached hydrogens (primary N) is 1. The predicted octanol–water partition coefficient (Wildman–Crippen LogP) is 1.14. The summed E-state index contributed by atoms with van der Waals surface area (Å²) < 4.78 is 23.0.